The van der Waals surface area contributed by atoms with Gasteiger partial charge < -0.3 is 5.32 Å². The molecule has 1 aliphatic carbocycles. The number of sulfonamides is 1. The molecule has 114 valence electrons. The van der Waals surface area contributed by atoms with Crippen molar-refractivity contribution in [2.75, 3.05) is 13.1 Å². The summed E-state index contributed by atoms with van der Waals surface area (Å²) in [5, 5.41) is 2.81. The van der Waals surface area contributed by atoms with Crippen LogP contribution in [0.25, 0.3) is 0 Å². The lowest BCUT2D eigenvalue weighted by atomic mass is 9.79. The molecule has 0 radical (unpaired) electrons. The monoisotopic (exact) mass is 290 g/mol. The molecule has 1 fully saturated rings. The summed E-state index contributed by atoms with van der Waals surface area (Å²) in [6.45, 7) is 9.73. The lowest BCUT2D eigenvalue weighted by Gasteiger charge is -2.33. The predicted octanol–water partition coefficient (Wildman–Crippen LogP) is 2.12. The first-order valence-electron chi connectivity index (χ1n) is 7.58. The Morgan fingerprint density at radius 1 is 1.21 bits per heavy atom. The first-order chi connectivity index (χ1) is 8.86. The zero-order valence-electron chi connectivity index (χ0n) is 12.8. The first kappa shape index (κ1) is 16.9. The summed E-state index contributed by atoms with van der Waals surface area (Å²) in [6, 6.07) is 0.129. The minimum atomic E-state index is -3.19. The van der Waals surface area contributed by atoms with Crippen molar-refractivity contribution in [2.24, 2.45) is 11.8 Å². The van der Waals surface area contributed by atoms with Crippen LogP contribution in [0, 0.1) is 11.8 Å². The highest BCUT2D eigenvalue weighted by atomic mass is 32.2. The van der Waals surface area contributed by atoms with Gasteiger partial charge in [0.1, 0.15) is 0 Å². The second kappa shape index (κ2) is 7.60. The van der Waals surface area contributed by atoms with E-state index in [0.29, 0.717) is 18.4 Å². The molecule has 4 atom stereocenters. The van der Waals surface area contributed by atoms with Gasteiger partial charge in [-0.3, -0.25) is 0 Å². The Hall–Kier alpha value is -0.130. The Bertz CT molecular complexity index is 356. The van der Waals surface area contributed by atoms with Crippen LogP contribution in [0.5, 0.6) is 0 Å². The van der Waals surface area contributed by atoms with Crippen LogP contribution in [-0.4, -0.2) is 32.8 Å². The van der Waals surface area contributed by atoms with Crippen molar-refractivity contribution in [1.29, 1.82) is 0 Å². The van der Waals surface area contributed by atoms with Gasteiger partial charge in [0.2, 0.25) is 10.0 Å². The fourth-order valence-electron chi connectivity index (χ4n) is 2.59. The summed E-state index contributed by atoms with van der Waals surface area (Å²) >= 11 is 0. The van der Waals surface area contributed by atoms with Crippen molar-refractivity contribution >= 4 is 10.0 Å². The molecule has 0 aromatic rings. The summed E-state index contributed by atoms with van der Waals surface area (Å²) in [4.78, 5) is 0. The summed E-state index contributed by atoms with van der Waals surface area (Å²) < 4.78 is 27.4. The van der Waals surface area contributed by atoms with Crippen molar-refractivity contribution in [3.63, 3.8) is 0 Å². The van der Waals surface area contributed by atoms with Crippen LogP contribution in [-0.2, 0) is 10.0 Å². The van der Waals surface area contributed by atoms with Crippen LogP contribution in [0.15, 0.2) is 0 Å². The molecule has 4 unspecified atom stereocenters. The molecule has 0 bridgehead atoms. The van der Waals surface area contributed by atoms with Crippen molar-refractivity contribution in [1.82, 2.24) is 10.0 Å². The van der Waals surface area contributed by atoms with Gasteiger partial charge in [-0.25, -0.2) is 13.1 Å². The van der Waals surface area contributed by atoms with Gasteiger partial charge in [-0.2, -0.15) is 0 Å². The van der Waals surface area contributed by atoms with E-state index in [-0.39, 0.29) is 11.3 Å². The molecular weight excluding hydrogens is 260 g/mol. The van der Waals surface area contributed by atoms with E-state index < -0.39 is 10.0 Å². The van der Waals surface area contributed by atoms with Crippen molar-refractivity contribution in [3.05, 3.63) is 0 Å². The molecule has 5 heteroatoms. The second-order valence-electron chi connectivity index (χ2n) is 6.14. The third-order valence-electron chi connectivity index (χ3n) is 4.32. The van der Waals surface area contributed by atoms with Crippen LogP contribution < -0.4 is 10.0 Å². The first-order valence-corrected chi connectivity index (χ1v) is 9.13. The fraction of sp³-hybridized carbons (Fsp3) is 1.00. The Balaban J connectivity index is 2.45. The van der Waals surface area contributed by atoms with E-state index >= 15 is 0 Å². The molecule has 0 aromatic heterocycles. The average Bonchev–Trinajstić information content (AvgIpc) is 2.33. The lowest BCUT2D eigenvalue weighted by molar-refractivity contribution is 0.241. The molecule has 0 amide bonds. The van der Waals surface area contributed by atoms with Crippen LogP contribution in [0.2, 0.25) is 0 Å². The van der Waals surface area contributed by atoms with Gasteiger partial charge in [0, 0.05) is 12.6 Å². The zero-order valence-corrected chi connectivity index (χ0v) is 13.6. The van der Waals surface area contributed by atoms with Gasteiger partial charge in [-0.15, -0.1) is 0 Å². The predicted molar refractivity (Wildman–Crippen MR) is 80.6 cm³/mol. The molecular formula is C14H30N2O2S. The van der Waals surface area contributed by atoms with Crippen LogP contribution in [0.4, 0.5) is 0 Å². The molecule has 1 rings (SSSR count). The van der Waals surface area contributed by atoms with Gasteiger partial charge in [-0.1, -0.05) is 20.8 Å². The van der Waals surface area contributed by atoms with Crippen LogP contribution >= 0.6 is 0 Å². The molecule has 0 aromatic carbocycles. The average molecular weight is 290 g/mol. The molecule has 0 spiro atoms. The quantitative estimate of drug-likeness (QED) is 0.706. The van der Waals surface area contributed by atoms with Gasteiger partial charge in [-0.05, 0) is 51.0 Å². The zero-order chi connectivity index (χ0) is 14.5. The van der Waals surface area contributed by atoms with Gasteiger partial charge in [0.25, 0.3) is 0 Å². The Kier molecular flexibility index (Phi) is 6.77. The van der Waals surface area contributed by atoms with E-state index in [2.05, 4.69) is 30.8 Å². The number of hydrogen-bond donors (Lipinski definition) is 2. The SMILES string of the molecule is CCCNCC(C)S(=O)(=O)NC1CCC(C)C(C)C1. The number of nitrogens with one attached hydrogen (secondary N) is 2. The van der Waals surface area contributed by atoms with Crippen molar-refractivity contribution in [3.8, 4) is 0 Å². The minimum absolute atomic E-state index is 0.129. The molecule has 0 aliphatic heterocycles. The fourth-order valence-corrected chi connectivity index (χ4v) is 3.84. The van der Waals surface area contributed by atoms with E-state index in [1.807, 2.05) is 0 Å². The van der Waals surface area contributed by atoms with E-state index in [9.17, 15) is 8.42 Å². The Morgan fingerprint density at radius 2 is 1.89 bits per heavy atom. The van der Waals surface area contributed by atoms with Crippen molar-refractivity contribution in [2.45, 2.75) is 64.7 Å². The maximum Gasteiger partial charge on any atom is 0.215 e. The number of rotatable bonds is 7. The van der Waals surface area contributed by atoms with Gasteiger partial charge in [0.05, 0.1) is 5.25 Å². The van der Waals surface area contributed by atoms with Crippen LogP contribution in [0.3, 0.4) is 0 Å². The summed E-state index contributed by atoms with van der Waals surface area (Å²) in [7, 11) is -3.19. The third-order valence-corrected chi connectivity index (χ3v) is 6.21. The van der Waals surface area contributed by atoms with Crippen molar-refractivity contribution < 1.29 is 8.42 Å². The third kappa shape index (κ3) is 5.40. The summed E-state index contributed by atoms with van der Waals surface area (Å²) in [5.41, 5.74) is 0. The molecule has 4 nitrogen and oxygen atoms in total. The Morgan fingerprint density at radius 3 is 2.47 bits per heavy atom. The largest absolute Gasteiger partial charge is 0.315 e. The molecule has 2 N–H and O–H groups in total. The van der Waals surface area contributed by atoms with E-state index in [1.165, 1.54) is 0 Å². The van der Waals surface area contributed by atoms with Gasteiger partial charge >= 0.3 is 0 Å². The van der Waals surface area contributed by atoms with Crippen LogP contribution in [0.1, 0.15) is 53.4 Å². The summed E-state index contributed by atoms with van der Waals surface area (Å²) in [6.07, 6.45) is 4.09. The summed E-state index contributed by atoms with van der Waals surface area (Å²) in [5.74, 6) is 1.32. The lowest BCUT2D eigenvalue weighted by Crippen LogP contribution is -2.45. The Labute approximate surface area is 118 Å². The molecule has 19 heavy (non-hydrogen) atoms. The smallest absolute Gasteiger partial charge is 0.215 e. The topological polar surface area (TPSA) is 58.2 Å². The van der Waals surface area contributed by atoms with E-state index in [4.69, 9.17) is 0 Å². The molecule has 1 aliphatic rings. The van der Waals surface area contributed by atoms with Gasteiger partial charge in [0.15, 0.2) is 0 Å². The number of hydrogen-bond acceptors (Lipinski definition) is 3. The maximum atomic E-state index is 12.2. The maximum absolute atomic E-state index is 12.2. The normalized spacial score (nSPS) is 30.2. The highest BCUT2D eigenvalue weighted by molar-refractivity contribution is 7.90. The highest BCUT2D eigenvalue weighted by Gasteiger charge is 2.29. The molecule has 0 saturated heterocycles. The van der Waals surface area contributed by atoms with E-state index in [0.717, 1.165) is 32.2 Å². The standard InChI is InChI=1S/C14H30N2O2S/c1-5-8-15-10-13(4)19(17,18)16-14-7-6-11(2)12(3)9-14/h11-16H,5-10H2,1-4H3. The molecule has 1 saturated carbocycles. The molecule has 0 heterocycles. The minimum Gasteiger partial charge on any atom is -0.315 e. The van der Waals surface area contributed by atoms with E-state index in [1.54, 1.807) is 6.92 Å². The highest BCUT2D eigenvalue weighted by Crippen LogP contribution is 2.29. The second-order valence-corrected chi connectivity index (χ2v) is 8.27.